The summed E-state index contributed by atoms with van der Waals surface area (Å²) in [5.74, 6) is 0. The number of fused-ring (bicyclic) bond motifs is 5. The molecule has 0 radical (unpaired) electrons. The fourth-order valence-corrected chi connectivity index (χ4v) is 4.88. The first-order valence-corrected chi connectivity index (χ1v) is 9.21. The molecule has 0 aromatic heterocycles. The summed E-state index contributed by atoms with van der Waals surface area (Å²) in [5.41, 5.74) is 1.15. The van der Waals surface area contributed by atoms with Gasteiger partial charge in [-0.25, -0.2) is 0 Å². The zero-order valence-electron chi connectivity index (χ0n) is 19.7. The van der Waals surface area contributed by atoms with Gasteiger partial charge in [-0.15, -0.1) is 0 Å². The molecule has 0 heterocycles. The van der Waals surface area contributed by atoms with E-state index in [1.165, 1.54) is 0 Å². The average Bonchev–Trinajstić information content (AvgIpc) is 2.94. The Bertz CT molecular complexity index is 998. The van der Waals surface area contributed by atoms with Crippen LogP contribution in [0, 0.1) is 5.41 Å². The standard InChI is InChI=1S/C23H25Cl/c24-17-8-9-19-18-6-2-3-7-20(18)23(21(19)16-17)14-12-22(13-15-23)10-4-1-5-11-22/h2-3,6-9,16H,1,4-5,10-15H2/i1D2,14D2,15D2. The lowest BCUT2D eigenvalue weighted by molar-refractivity contribution is 0.0951. The van der Waals surface area contributed by atoms with Gasteiger partial charge in [-0.2, -0.15) is 0 Å². The Balaban J connectivity index is 1.73. The Labute approximate surface area is 158 Å². The molecular weight excluding hydrogens is 312 g/mol. The van der Waals surface area contributed by atoms with Crippen molar-refractivity contribution < 1.29 is 8.22 Å². The molecule has 2 saturated carbocycles. The van der Waals surface area contributed by atoms with Crippen molar-refractivity contribution in [3.8, 4) is 11.1 Å². The molecule has 0 bridgehead atoms. The summed E-state index contributed by atoms with van der Waals surface area (Å²) < 4.78 is 53.4. The quantitative estimate of drug-likeness (QED) is 0.477. The van der Waals surface area contributed by atoms with E-state index in [-0.39, 0.29) is 12.8 Å². The van der Waals surface area contributed by atoms with Gasteiger partial charge in [0.2, 0.25) is 0 Å². The van der Waals surface area contributed by atoms with Crippen molar-refractivity contribution >= 4 is 11.6 Å². The van der Waals surface area contributed by atoms with Crippen molar-refractivity contribution in [3.63, 3.8) is 0 Å². The van der Waals surface area contributed by atoms with Crippen LogP contribution in [0.1, 0.15) is 77.0 Å². The summed E-state index contributed by atoms with van der Waals surface area (Å²) in [6.07, 6.45) is -2.67. The summed E-state index contributed by atoms with van der Waals surface area (Å²) in [7, 11) is 0. The summed E-state index contributed by atoms with van der Waals surface area (Å²) in [6, 6.07) is 13.0. The van der Waals surface area contributed by atoms with Gasteiger partial charge in [-0.3, -0.25) is 0 Å². The number of hydrogen-bond acceptors (Lipinski definition) is 0. The minimum atomic E-state index is -1.84. The molecule has 124 valence electrons. The van der Waals surface area contributed by atoms with E-state index >= 15 is 0 Å². The Kier molecular flexibility index (Phi) is 2.24. The van der Waals surface area contributed by atoms with E-state index in [0.717, 1.165) is 11.1 Å². The van der Waals surface area contributed by atoms with E-state index in [0.29, 0.717) is 41.8 Å². The van der Waals surface area contributed by atoms with Gasteiger partial charge in [0, 0.05) is 18.7 Å². The van der Waals surface area contributed by atoms with Gasteiger partial charge in [0.05, 0.1) is 0 Å². The number of benzene rings is 2. The van der Waals surface area contributed by atoms with Crippen molar-refractivity contribution in [2.45, 2.75) is 63.1 Å². The second-order valence-corrected chi connectivity index (χ2v) is 7.88. The van der Waals surface area contributed by atoms with E-state index in [2.05, 4.69) is 0 Å². The second kappa shape index (κ2) is 5.36. The normalized spacial score (nSPS) is 33.2. The maximum Gasteiger partial charge on any atom is 0.0409 e. The van der Waals surface area contributed by atoms with Crippen LogP contribution >= 0.6 is 11.6 Å². The molecule has 3 aliphatic rings. The molecule has 0 nitrogen and oxygen atoms in total. The Hall–Kier alpha value is -1.27. The molecule has 0 unspecified atom stereocenters. The zero-order valence-corrected chi connectivity index (χ0v) is 14.4. The van der Waals surface area contributed by atoms with Gasteiger partial charge < -0.3 is 0 Å². The van der Waals surface area contributed by atoms with Crippen LogP contribution in [0.3, 0.4) is 0 Å². The smallest absolute Gasteiger partial charge is 0.0409 e. The maximum atomic E-state index is 9.31. The molecule has 2 fully saturated rings. The highest BCUT2D eigenvalue weighted by Gasteiger charge is 2.49. The summed E-state index contributed by atoms with van der Waals surface area (Å²) in [6.45, 7) is 0. The van der Waals surface area contributed by atoms with Gasteiger partial charge in [-0.05, 0) is 78.2 Å². The number of halogens is 1. The van der Waals surface area contributed by atoms with Gasteiger partial charge in [0.25, 0.3) is 0 Å². The summed E-state index contributed by atoms with van der Waals surface area (Å²) in [4.78, 5) is 0. The molecule has 1 heteroatoms. The van der Waals surface area contributed by atoms with E-state index in [4.69, 9.17) is 14.3 Å². The maximum absolute atomic E-state index is 9.31. The van der Waals surface area contributed by atoms with Crippen LogP contribution in [0.15, 0.2) is 42.5 Å². The van der Waals surface area contributed by atoms with Gasteiger partial charge in [0.1, 0.15) is 0 Å². The molecule has 0 saturated heterocycles. The molecular formula is C23H25Cl. The highest BCUT2D eigenvalue weighted by atomic mass is 35.5. The van der Waals surface area contributed by atoms with Crippen molar-refractivity contribution in [2.24, 2.45) is 5.41 Å². The largest absolute Gasteiger partial charge is 0.0843 e. The van der Waals surface area contributed by atoms with Crippen molar-refractivity contribution in [1.82, 2.24) is 0 Å². The fraction of sp³-hybridized carbons (Fsp3) is 0.478. The van der Waals surface area contributed by atoms with Gasteiger partial charge in [0.15, 0.2) is 0 Å². The van der Waals surface area contributed by atoms with Crippen LogP contribution in [-0.2, 0) is 5.41 Å². The minimum absolute atomic E-state index is 0.232. The van der Waals surface area contributed by atoms with Crippen LogP contribution < -0.4 is 0 Å². The van der Waals surface area contributed by atoms with Crippen LogP contribution in [0.5, 0.6) is 0 Å². The van der Waals surface area contributed by atoms with Gasteiger partial charge in [-0.1, -0.05) is 61.1 Å². The molecule has 5 rings (SSSR count). The van der Waals surface area contributed by atoms with E-state index < -0.39 is 29.9 Å². The van der Waals surface area contributed by atoms with Crippen molar-refractivity contribution in [2.75, 3.05) is 0 Å². The zero-order chi connectivity index (χ0) is 21.6. The third kappa shape index (κ3) is 2.05. The molecule has 0 atom stereocenters. The van der Waals surface area contributed by atoms with Crippen molar-refractivity contribution in [1.29, 1.82) is 0 Å². The third-order valence-corrected chi connectivity index (χ3v) is 6.36. The average molecular weight is 343 g/mol. The predicted octanol–water partition coefficient (Wildman–Crippen LogP) is 7.13. The molecule has 24 heavy (non-hydrogen) atoms. The van der Waals surface area contributed by atoms with Crippen LogP contribution in [0.25, 0.3) is 11.1 Å². The third-order valence-electron chi connectivity index (χ3n) is 6.13. The summed E-state index contributed by atoms with van der Waals surface area (Å²) in [5, 5.41) is 0.485. The molecule has 2 aromatic carbocycles. The fourth-order valence-electron chi connectivity index (χ4n) is 4.71. The topological polar surface area (TPSA) is 0 Å². The highest BCUT2D eigenvalue weighted by molar-refractivity contribution is 6.30. The lowest BCUT2D eigenvalue weighted by Crippen LogP contribution is -2.38. The SMILES string of the molecule is [2H]C1([2H])CCC2(CC1)CC([2H])([2H])C1(c3ccccc3-c3ccc(Cl)cc31)C([2H])([2H])C2. The van der Waals surface area contributed by atoms with E-state index in [1.54, 1.807) is 12.1 Å². The first-order valence-electron chi connectivity index (χ1n) is 11.8. The van der Waals surface area contributed by atoms with Crippen LogP contribution in [0.4, 0.5) is 0 Å². The Morgan fingerprint density at radius 1 is 0.833 bits per heavy atom. The van der Waals surface area contributed by atoms with Gasteiger partial charge >= 0.3 is 0 Å². The molecule has 3 aliphatic carbocycles. The predicted molar refractivity (Wildman–Crippen MR) is 102 cm³/mol. The molecule has 2 spiro atoms. The highest BCUT2D eigenvalue weighted by Crippen LogP contribution is 2.61. The Morgan fingerprint density at radius 3 is 2.33 bits per heavy atom. The molecule has 0 N–H and O–H groups in total. The second-order valence-electron chi connectivity index (χ2n) is 7.44. The first kappa shape index (κ1) is 10.0. The minimum Gasteiger partial charge on any atom is -0.0843 e. The van der Waals surface area contributed by atoms with Crippen molar-refractivity contribution in [3.05, 3.63) is 58.6 Å². The Morgan fingerprint density at radius 2 is 1.54 bits per heavy atom. The molecule has 0 amide bonds. The van der Waals surface area contributed by atoms with Crippen LogP contribution in [-0.4, -0.2) is 0 Å². The molecule has 2 aromatic rings. The molecule has 0 aliphatic heterocycles. The first-order chi connectivity index (χ1) is 13.9. The lowest BCUT2D eigenvalue weighted by Gasteiger charge is -2.48. The lowest BCUT2D eigenvalue weighted by atomic mass is 9.56. The summed E-state index contributed by atoms with van der Waals surface area (Å²) >= 11 is 6.34. The van der Waals surface area contributed by atoms with Crippen LogP contribution in [0.2, 0.25) is 5.02 Å². The monoisotopic (exact) mass is 342 g/mol. The van der Waals surface area contributed by atoms with E-state index in [9.17, 15) is 5.48 Å². The number of hydrogen-bond donors (Lipinski definition) is 0. The number of rotatable bonds is 0. The van der Waals surface area contributed by atoms with E-state index in [1.807, 2.05) is 30.3 Å².